The fourth-order valence-corrected chi connectivity index (χ4v) is 2.46. The Morgan fingerprint density at radius 1 is 1.47 bits per heavy atom. The monoisotopic (exact) mass is 234 g/mol. The van der Waals surface area contributed by atoms with Gasteiger partial charge in [0.25, 0.3) is 0 Å². The van der Waals surface area contributed by atoms with Gasteiger partial charge >= 0.3 is 0 Å². The molecule has 0 saturated heterocycles. The molecule has 1 aliphatic carbocycles. The molecule has 1 fully saturated rings. The van der Waals surface area contributed by atoms with Crippen LogP contribution in [-0.2, 0) is 0 Å². The summed E-state index contributed by atoms with van der Waals surface area (Å²) in [6, 6.07) is 4.61. The molecule has 94 valence electrons. The van der Waals surface area contributed by atoms with Gasteiger partial charge in [-0.25, -0.2) is 4.98 Å². The van der Waals surface area contributed by atoms with Gasteiger partial charge in [0.1, 0.15) is 5.82 Å². The van der Waals surface area contributed by atoms with Crippen molar-refractivity contribution in [1.29, 1.82) is 0 Å². The number of rotatable bonds is 5. The molecule has 0 atom stereocenters. The second-order valence-corrected chi connectivity index (χ2v) is 4.82. The smallest absolute Gasteiger partial charge is 0.125 e. The number of hydrogen-bond acceptors (Lipinski definition) is 4. The highest BCUT2D eigenvalue weighted by Crippen LogP contribution is 2.22. The van der Waals surface area contributed by atoms with E-state index in [9.17, 15) is 0 Å². The maximum absolute atomic E-state index is 5.63. The van der Waals surface area contributed by atoms with Crippen LogP contribution in [-0.4, -0.2) is 36.1 Å². The maximum atomic E-state index is 5.63. The zero-order chi connectivity index (χ0) is 12.1. The van der Waals surface area contributed by atoms with Crippen LogP contribution in [0.1, 0.15) is 25.7 Å². The average molecular weight is 234 g/mol. The first-order valence-corrected chi connectivity index (χ1v) is 6.41. The van der Waals surface area contributed by atoms with Gasteiger partial charge in [0.05, 0.1) is 0 Å². The highest BCUT2D eigenvalue weighted by atomic mass is 15.1. The van der Waals surface area contributed by atoms with Crippen molar-refractivity contribution in [2.24, 2.45) is 0 Å². The first-order chi connectivity index (χ1) is 8.25. The predicted octanol–water partition coefficient (Wildman–Crippen LogP) is 1.95. The number of pyridine rings is 1. The van der Waals surface area contributed by atoms with Crippen LogP contribution in [0.3, 0.4) is 0 Å². The lowest BCUT2D eigenvalue weighted by Crippen LogP contribution is -2.33. The van der Waals surface area contributed by atoms with E-state index in [1.54, 1.807) is 6.20 Å². The molecule has 0 radical (unpaired) electrons. The second-order valence-electron chi connectivity index (χ2n) is 4.82. The van der Waals surface area contributed by atoms with E-state index in [-0.39, 0.29) is 0 Å². The van der Waals surface area contributed by atoms with Gasteiger partial charge in [-0.3, -0.25) is 0 Å². The third-order valence-electron chi connectivity index (χ3n) is 3.52. The first-order valence-electron chi connectivity index (χ1n) is 6.41. The van der Waals surface area contributed by atoms with Gasteiger partial charge in [0.2, 0.25) is 0 Å². The SMILES string of the molecule is CN(CCNc1ccnc(N)c1)C1CCCC1. The molecule has 0 bridgehead atoms. The molecule has 1 aromatic rings. The standard InChI is InChI=1S/C13H22N4/c1-17(12-4-2-3-5-12)9-8-15-11-6-7-16-13(14)10-11/h6-7,10,12H,2-5,8-9H2,1H3,(H3,14,15,16). The summed E-state index contributed by atoms with van der Waals surface area (Å²) >= 11 is 0. The van der Waals surface area contributed by atoms with Crippen molar-refractivity contribution < 1.29 is 0 Å². The van der Waals surface area contributed by atoms with Gasteiger partial charge in [-0.15, -0.1) is 0 Å². The summed E-state index contributed by atoms with van der Waals surface area (Å²) in [4.78, 5) is 6.44. The van der Waals surface area contributed by atoms with E-state index in [0.29, 0.717) is 5.82 Å². The molecule has 4 nitrogen and oxygen atoms in total. The van der Waals surface area contributed by atoms with Gasteiger partial charge in [-0.2, -0.15) is 0 Å². The van der Waals surface area contributed by atoms with Crippen molar-refractivity contribution in [3.05, 3.63) is 18.3 Å². The summed E-state index contributed by atoms with van der Waals surface area (Å²) in [5, 5.41) is 3.38. The number of nitrogen functional groups attached to an aromatic ring is 1. The molecule has 3 N–H and O–H groups in total. The van der Waals surface area contributed by atoms with E-state index >= 15 is 0 Å². The first kappa shape index (κ1) is 12.2. The lowest BCUT2D eigenvalue weighted by Gasteiger charge is -2.24. The molecular weight excluding hydrogens is 212 g/mol. The third kappa shape index (κ3) is 3.60. The molecule has 0 spiro atoms. The van der Waals surface area contributed by atoms with Crippen LogP contribution in [0.4, 0.5) is 11.5 Å². The number of likely N-dealkylation sites (N-methyl/N-ethyl adjacent to an activating group) is 1. The Labute approximate surface area is 103 Å². The fraction of sp³-hybridized carbons (Fsp3) is 0.615. The van der Waals surface area contributed by atoms with Gasteiger partial charge < -0.3 is 16.0 Å². The lowest BCUT2D eigenvalue weighted by atomic mass is 10.2. The quantitative estimate of drug-likeness (QED) is 0.817. The molecule has 1 aliphatic rings. The zero-order valence-electron chi connectivity index (χ0n) is 10.5. The molecule has 0 unspecified atom stereocenters. The largest absolute Gasteiger partial charge is 0.384 e. The Kier molecular flexibility index (Phi) is 4.20. The highest BCUT2D eigenvalue weighted by Gasteiger charge is 2.18. The molecule has 4 heteroatoms. The van der Waals surface area contributed by atoms with Crippen molar-refractivity contribution in [3.8, 4) is 0 Å². The summed E-state index contributed by atoms with van der Waals surface area (Å²) in [6.07, 6.45) is 7.24. The van der Waals surface area contributed by atoms with Crippen molar-refractivity contribution >= 4 is 11.5 Å². The van der Waals surface area contributed by atoms with Crippen LogP contribution in [0.15, 0.2) is 18.3 Å². The summed E-state index contributed by atoms with van der Waals surface area (Å²) in [7, 11) is 2.22. The fourth-order valence-electron chi connectivity index (χ4n) is 2.46. The summed E-state index contributed by atoms with van der Waals surface area (Å²) in [5.41, 5.74) is 6.68. The van der Waals surface area contributed by atoms with E-state index in [0.717, 1.165) is 24.8 Å². The minimum absolute atomic E-state index is 0.569. The Morgan fingerprint density at radius 3 is 2.94 bits per heavy atom. The van der Waals surface area contributed by atoms with Crippen LogP contribution >= 0.6 is 0 Å². The van der Waals surface area contributed by atoms with Gasteiger partial charge in [0.15, 0.2) is 0 Å². The summed E-state index contributed by atoms with van der Waals surface area (Å²) in [5.74, 6) is 0.569. The van der Waals surface area contributed by atoms with Crippen molar-refractivity contribution in [2.45, 2.75) is 31.7 Å². The maximum Gasteiger partial charge on any atom is 0.125 e. The van der Waals surface area contributed by atoms with E-state index < -0.39 is 0 Å². The van der Waals surface area contributed by atoms with Gasteiger partial charge in [-0.05, 0) is 26.0 Å². The normalized spacial score (nSPS) is 16.6. The van der Waals surface area contributed by atoms with Crippen LogP contribution in [0.5, 0.6) is 0 Å². The Bertz CT molecular complexity index is 347. The zero-order valence-corrected chi connectivity index (χ0v) is 10.5. The Hall–Kier alpha value is -1.29. The molecule has 1 aromatic heterocycles. The topological polar surface area (TPSA) is 54.2 Å². The Balaban J connectivity index is 1.71. The number of anilines is 2. The molecular formula is C13H22N4. The number of aromatic nitrogens is 1. The van der Waals surface area contributed by atoms with Crippen molar-refractivity contribution in [2.75, 3.05) is 31.2 Å². The van der Waals surface area contributed by atoms with Crippen LogP contribution < -0.4 is 11.1 Å². The lowest BCUT2D eigenvalue weighted by molar-refractivity contribution is 0.254. The van der Waals surface area contributed by atoms with Gasteiger partial charge in [0, 0.05) is 37.1 Å². The van der Waals surface area contributed by atoms with Crippen LogP contribution in [0, 0.1) is 0 Å². The van der Waals surface area contributed by atoms with E-state index in [2.05, 4.69) is 22.2 Å². The molecule has 0 aromatic carbocycles. The van der Waals surface area contributed by atoms with E-state index in [1.807, 2.05) is 12.1 Å². The van der Waals surface area contributed by atoms with Crippen molar-refractivity contribution in [1.82, 2.24) is 9.88 Å². The average Bonchev–Trinajstić information content (AvgIpc) is 2.82. The Morgan fingerprint density at radius 2 is 2.24 bits per heavy atom. The van der Waals surface area contributed by atoms with Crippen molar-refractivity contribution in [3.63, 3.8) is 0 Å². The van der Waals surface area contributed by atoms with Crippen LogP contribution in [0.25, 0.3) is 0 Å². The highest BCUT2D eigenvalue weighted by molar-refractivity contribution is 5.49. The molecule has 2 rings (SSSR count). The van der Waals surface area contributed by atoms with Gasteiger partial charge in [-0.1, -0.05) is 12.8 Å². The summed E-state index contributed by atoms with van der Waals surface area (Å²) < 4.78 is 0. The van der Waals surface area contributed by atoms with Crippen LogP contribution in [0.2, 0.25) is 0 Å². The molecule has 0 aliphatic heterocycles. The predicted molar refractivity (Wildman–Crippen MR) is 72.0 cm³/mol. The molecule has 1 saturated carbocycles. The molecule has 0 amide bonds. The van der Waals surface area contributed by atoms with E-state index in [1.165, 1.54) is 25.7 Å². The minimum Gasteiger partial charge on any atom is -0.384 e. The minimum atomic E-state index is 0.569. The number of nitrogens with one attached hydrogen (secondary N) is 1. The third-order valence-corrected chi connectivity index (χ3v) is 3.52. The molecule has 1 heterocycles. The van der Waals surface area contributed by atoms with E-state index in [4.69, 9.17) is 5.73 Å². The summed E-state index contributed by atoms with van der Waals surface area (Å²) in [6.45, 7) is 2.03. The second kappa shape index (κ2) is 5.87. The number of hydrogen-bond donors (Lipinski definition) is 2. The number of nitrogens with zero attached hydrogens (tertiary/aromatic N) is 2. The number of nitrogens with two attached hydrogens (primary N) is 1. The molecule has 17 heavy (non-hydrogen) atoms.